The molecule has 0 radical (unpaired) electrons. The molecule has 0 saturated carbocycles. The summed E-state index contributed by atoms with van der Waals surface area (Å²) in [4.78, 5) is 38.6. The highest BCUT2D eigenvalue weighted by atomic mass is 35.5. The summed E-state index contributed by atoms with van der Waals surface area (Å²) in [5.74, 6) is -0.824. The van der Waals surface area contributed by atoms with Gasteiger partial charge in [-0.15, -0.1) is 0 Å². The number of hydrogen-bond acceptors (Lipinski definition) is 4. The van der Waals surface area contributed by atoms with Gasteiger partial charge >= 0.3 is 5.97 Å². The van der Waals surface area contributed by atoms with Gasteiger partial charge in [0.05, 0.1) is 23.4 Å². The van der Waals surface area contributed by atoms with Crippen LogP contribution < -0.4 is 10.2 Å². The van der Waals surface area contributed by atoms with Crippen LogP contribution in [0.15, 0.2) is 54.6 Å². The summed E-state index contributed by atoms with van der Waals surface area (Å²) in [6, 6.07) is 16.2. The minimum atomic E-state index is -0.572. The Balaban J connectivity index is 1.39. The smallest absolute Gasteiger partial charge is 0.339 e. The lowest BCUT2D eigenvalue weighted by molar-refractivity contribution is -0.116. The average molecular weight is 423 g/mol. The van der Waals surface area contributed by atoms with Crippen molar-refractivity contribution in [3.8, 4) is 0 Å². The van der Waals surface area contributed by atoms with E-state index in [1.807, 2.05) is 36.4 Å². The molecule has 30 heavy (non-hydrogen) atoms. The zero-order valence-corrected chi connectivity index (χ0v) is 17.0. The van der Waals surface area contributed by atoms with Crippen molar-refractivity contribution in [3.63, 3.8) is 0 Å². The molecule has 7 heteroatoms. The molecule has 1 aliphatic rings. The molecule has 1 aliphatic heterocycles. The molecule has 0 aromatic heterocycles. The molecule has 0 atom stereocenters. The van der Waals surface area contributed by atoms with Gasteiger partial charge in [-0.2, -0.15) is 0 Å². The van der Waals surface area contributed by atoms with Crippen LogP contribution in [0, 0.1) is 0 Å². The number of rotatable bonds is 6. The summed E-state index contributed by atoms with van der Waals surface area (Å²) in [6.45, 7) is 0.439. The molecule has 3 aromatic rings. The minimum absolute atomic E-state index is 0.0392. The summed E-state index contributed by atoms with van der Waals surface area (Å²) < 4.78 is 4.69. The van der Waals surface area contributed by atoms with E-state index in [1.54, 1.807) is 11.0 Å². The molecule has 3 aromatic carbocycles. The van der Waals surface area contributed by atoms with Crippen LogP contribution in [-0.2, 0) is 9.53 Å². The molecule has 152 valence electrons. The number of nitrogens with one attached hydrogen (secondary N) is 1. The second-order valence-corrected chi connectivity index (χ2v) is 7.38. The van der Waals surface area contributed by atoms with E-state index < -0.39 is 5.97 Å². The van der Waals surface area contributed by atoms with Crippen LogP contribution in [0.5, 0.6) is 0 Å². The number of halogens is 1. The third-order valence-corrected chi connectivity index (χ3v) is 5.42. The van der Waals surface area contributed by atoms with Crippen LogP contribution in [0.25, 0.3) is 10.8 Å². The highest BCUT2D eigenvalue weighted by molar-refractivity contribution is 6.33. The van der Waals surface area contributed by atoms with E-state index in [0.29, 0.717) is 24.2 Å². The minimum Gasteiger partial charge on any atom is -0.465 e. The fraction of sp³-hybridized carbons (Fsp3) is 0.174. The predicted octanol–water partition coefficient (Wildman–Crippen LogP) is 4.66. The number of ether oxygens (including phenoxy) is 1. The first-order chi connectivity index (χ1) is 14.5. The van der Waals surface area contributed by atoms with Crippen molar-refractivity contribution in [3.05, 3.63) is 70.7 Å². The lowest BCUT2D eigenvalue weighted by Crippen LogP contribution is -2.28. The lowest BCUT2D eigenvalue weighted by Gasteiger charge is -2.17. The van der Waals surface area contributed by atoms with E-state index in [1.165, 1.54) is 19.2 Å². The summed E-state index contributed by atoms with van der Waals surface area (Å²) in [6.07, 6.45) is 0.728. The van der Waals surface area contributed by atoms with Gasteiger partial charge in [0.25, 0.3) is 5.91 Å². The lowest BCUT2D eigenvalue weighted by atomic mass is 10.1. The number of carbonyl (C=O) groups excluding carboxylic acids is 3. The Morgan fingerprint density at radius 3 is 2.63 bits per heavy atom. The molecule has 2 amide bonds. The van der Waals surface area contributed by atoms with Gasteiger partial charge in [-0.25, -0.2) is 4.79 Å². The number of carbonyl (C=O) groups is 3. The van der Waals surface area contributed by atoms with E-state index >= 15 is 0 Å². The van der Waals surface area contributed by atoms with Crippen molar-refractivity contribution in [2.45, 2.75) is 12.8 Å². The molecule has 1 N–H and O–H groups in total. The maximum Gasteiger partial charge on any atom is 0.339 e. The first-order valence-corrected chi connectivity index (χ1v) is 9.88. The van der Waals surface area contributed by atoms with Crippen LogP contribution in [0.1, 0.15) is 33.6 Å². The molecule has 0 spiro atoms. The zero-order chi connectivity index (χ0) is 21.3. The van der Waals surface area contributed by atoms with E-state index in [4.69, 9.17) is 11.6 Å². The number of anilines is 2. The van der Waals surface area contributed by atoms with Crippen LogP contribution in [0.2, 0.25) is 5.02 Å². The first kappa shape index (κ1) is 19.9. The third-order valence-electron chi connectivity index (χ3n) is 5.09. The molecular weight excluding hydrogens is 404 g/mol. The number of hydrogen-bond donors (Lipinski definition) is 1. The predicted molar refractivity (Wildman–Crippen MR) is 116 cm³/mol. The monoisotopic (exact) mass is 422 g/mol. The Labute approximate surface area is 178 Å². The number of benzene rings is 3. The molecule has 0 bridgehead atoms. The van der Waals surface area contributed by atoms with Crippen molar-refractivity contribution in [1.29, 1.82) is 0 Å². The maximum atomic E-state index is 12.8. The van der Waals surface area contributed by atoms with Gasteiger partial charge < -0.3 is 15.0 Å². The Kier molecular flexibility index (Phi) is 5.42. The highest BCUT2D eigenvalue weighted by Gasteiger charge is 2.29. The van der Waals surface area contributed by atoms with Crippen molar-refractivity contribution in [2.75, 3.05) is 23.9 Å². The first-order valence-electron chi connectivity index (χ1n) is 9.51. The SMILES string of the molecule is COC(=O)c1cc(NC(=O)CCCN2C(=O)c3cccc4cccc2c34)ccc1Cl. The van der Waals surface area contributed by atoms with Crippen molar-refractivity contribution < 1.29 is 19.1 Å². The Bertz CT molecular complexity index is 1170. The summed E-state index contributed by atoms with van der Waals surface area (Å²) in [5.41, 5.74) is 2.22. The Morgan fingerprint density at radius 2 is 1.87 bits per heavy atom. The van der Waals surface area contributed by atoms with Gasteiger partial charge in [0.1, 0.15) is 0 Å². The maximum absolute atomic E-state index is 12.8. The molecule has 0 saturated heterocycles. The van der Waals surface area contributed by atoms with Crippen molar-refractivity contribution in [1.82, 2.24) is 0 Å². The molecule has 0 fully saturated rings. The highest BCUT2D eigenvalue weighted by Crippen LogP contribution is 2.37. The summed E-state index contributed by atoms with van der Waals surface area (Å²) >= 11 is 6.00. The summed E-state index contributed by atoms with van der Waals surface area (Å²) in [7, 11) is 1.27. The van der Waals surface area contributed by atoms with E-state index in [0.717, 1.165) is 16.5 Å². The largest absolute Gasteiger partial charge is 0.465 e. The molecule has 0 aliphatic carbocycles. The fourth-order valence-electron chi connectivity index (χ4n) is 3.69. The second kappa shape index (κ2) is 8.16. The van der Waals surface area contributed by atoms with E-state index in [9.17, 15) is 14.4 Å². The third kappa shape index (κ3) is 3.62. The van der Waals surface area contributed by atoms with E-state index in [-0.39, 0.29) is 28.8 Å². The van der Waals surface area contributed by atoms with Crippen LogP contribution in [-0.4, -0.2) is 31.4 Å². The zero-order valence-electron chi connectivity index (χ0n) is 16.3. The fourth-order valence-corrected chi connectivity index (χ4v) is 3.89. The number of esters is 1. The van der Waals surface area contributed by atoms with Gasteiger partial charge in [-0.05, 0) is 42.1 Å². The Hall–Kier alpha value is -3.38. The van der Waals surface area contributed by atoms with Gasteiger partial charge in [-0.3, -0.25) is 9.59 Å². The van der Waals surface area contributed by atoms with Crippen LogP contribution >= 0.6 is 11.6 Å². The average Bonchev–Trinajstić information content (AvgIpc) is 3.02. The number of nitrogens with zero attached hydrogens (tertiary/aromatic N) is 1. The molecule has 0 unspecified atom stereocenters. The van der Waals surface area contributed by atoms with Crippen LogP contribution in [0.4, 0.5) is 11.4 Å². The van der Waals surface area contributed by atoms with Crippen molar-refractivity contribution >= 4 is 51.5 Å². The quantitative estimate of drug-likeness (QED) is 0.586. The van der Waals surface area contributed by atoms with Gasteiger partial charge in [0.15, 0.2) is 0 Å². The standard InChI is InChI=1S/C23H19ClN2O4/c1-30-23(29)17-13-15(10-11-18(17)24)25-20(27)9-4-12-26-19-8-3-6-14-5-2-7-16(21(14)19)22(26)28/h2-3,5-8,10-11,13H,4,9,12H2,1H3,(H,25,27). The number of amides is 2. The topological polar surface area (TPSA) is 75.7 Å². The molecule has 6 nitrogen and oxygen atoms in total. The molecule has 1 heterocycles. The molecule has 4 rings (SSSR count). The second-order valence-electron chi connectivity index (χ2n) is 6.98. The normalized spacial score (nSPS) is 12.3. The Morgan fingerprint density at radius 1 is 1.10 bits per heavy atom. The van der Waals surface area contributed by atoms with Crippen LogP contribution in [0.3, 0.4) is 0 Å². The summed E-state index contributed by atoms with van der Waals surface area (Å²) in [5, 5.41) is 5.00. The van der Waals surface area contributed by atoms with Gasteiger partial charge in [0, 0.05) is 29.6 Å². The number of methoxy groups -OCH3 is 1. The van der Waals surface area contributed by atoms with Gasteiger partial charge in [-0.1, -0.05) is 35.9 Å². The van der Waals surface area contributed by atoms with Crippen molar-refractivity contribution in [2.24, 2.45) is 0 Å². The van der Waals surface area contributed by atoms with E-state index in [2.05, 4.69) is 10.1 Å². The molecular formula is C23H19ClN2O4. The van der Waals surface area contributed by atoms with Gasteiger partial charge in [0.2, 0.25) is 5.91 Å².